The summed E-state index contributed by atoms with van der Waals surface area (Å²) in [4.78, 5) is 1.42. The van der Waals surface area contributed by atoms with Crippen LogP contribution in [0.1, 0.15) is 18.9 Å². The number of nitrogens with one attached hydrogen (secondary N) is 1. The number of benzene rings is 1. The van der Waals surface area contributed by atoms with Gasteiger partial charge in [0, 0.05) is 10.6 Å². The monoisotopic (exact) mass is 228 g/mol. The summed E-state index contributed by atoms with van der Waals surface area (Å²) in [7, 11) is 0. The van der Waals surface area contributed by atoms with Crippen molar-refractivity contribution >= 4 is 11.6 Å². The van der Waals surface area contributed by atoms with Crippen molar-refractivity contribution in [3.63, 3.8) is 0 Å². The summed E-state index contributed by atoms with van der Waals surface area (Å²) in [5, 5.41) is 9.72. The molecule has 0 saturated carbocycles. The Morgan fingerprint density at radius 2 is 1.87 bits per heavy atom. The van der Waals surface area contributed by atoms with Gasteiger partial charge < -0.3 is 10.0 Å². The van der Waals surface area contributed by atoms with Gasteiger partial charge in [0.05, 0.1) is 13.2 Å². The van der Waals surface area contributed by atoms with Crippen LogP contribution in [0.2, 0.25) is 5.02 Å². The summed E-state index contributed by atoms with van der Waals surface area (Å²) in [5.41, 5.74) is 1.27. The van der Waals surface area contributed by atoms with E-state index in [1.54, 1.807) is 0 Å². The van der Waals surface area contributed by atoms with Crippen molar-refractivity contribution in [3.8, 4) is 0 Å². The normalized spacial score (nSPS) is 12.7. The van der Waals surface area contributed by atoms with Crippen molar-refractivity contribution in [1.29, 1.82) is 0 Å². The lowest BCUT2D eigenvalue weighted by molar-refractivity contribution is -0.914. The maximum absolute atomic E-state index is 8.94. The van der Waals surface area contributed by atoms with Crippen molar-refractivity contribution in [2.24, 2.45) is 0 Å². The second-order valence-corrected chi connectivity index (χ2v) is 4.21. The molecular formula is C12H19ClNO+. The summed E-state index contributed by atoms with van der Waals surface area (Å²) >= 11 is 5.82. The first kappa shape index (κ1) is 12.5. The van der Waals surface area contributed by atoms with Crippen LogP contribution in [0.3, 0.4) is 0 Å². The van der Waals surface area contributed by atoms with Gasteiger partial charge >= 0.3 is 0 Å². The molecule has 0 aromatic heterocycles. The highest BCUT2D eigenvalue weighted by molar-refractivity contribution is 6.30. The van der Waals surface area contributed by atoms with Crippen LogP contribution in [-0.2, 0) is 6.54 Å². The largest absolute Gasteiger partial charge is 0.391 e. The number of halogens is 1. The van der Waals surface area contributed by atoms with Gasteiger partial charge in [-0.05, 0) is 18.6 Å². The number of quaternary nitrogens is 1. The summed E-state index contributed by atoms with van der Waals surface area (Å²) < 4.78 is 0. The molecule has 0 radical (unpaired) electrons. The van der Waals surface area contributed by atoms with Crippen molar-refractivity contribution in [2.75, 3.05) is 19.7 Å². The Hall–Kier alpha value is -0.570. The molecule has 1 rings (SSSR count). The Bertz CT molecular complexity index is 267. The molecule has 0 heterocycles. The lowest BCUT2D eigenvalue weighted by Gasteiger charge is -2.17. The van der Waals surface area contributed by atoms with Gasteiger partial charge in [-0.2, -0.15) is 0 Å². The molecule has 0 aliphatic heterocycles. The zero-order valence-electron chi connectivity index (χ0n) is 9.17. The second kappa shape index (κ2) is 6.83. The number of aliphatic hydroxyl groups is 1. The molecule has 1 aromatic carbocycles. The van der Waals surface area contributed by atoms with Gasteiger partial charge in [0.2, 0.25) is 0 Å². The Morgan fingerprint density at radius 1 is 1.20 bits per heavy atom. The van der Waals surface area contributed by atoms with E-state index in [2.05, 4.69) is 19.1 Å². The highest BCUT2D eigenvalue weighted by Gasteiger charge is 2.07. The Labute approximate surface area is 96.5 Å². The van der Waals surface area contributed by atoms with Crippen molar-refractivity contribution < 1.29 is 10.0 Å². The third-order valence-electron chi connectivity index (χ3n) is 2.44. The third kappa shape index (κ3) is 4.65. The van der Waals surface area contributed by atoms with Gasteiger partial charge in [-0.15, -0.1) is 0 Å². The molecule has 2 nitrogen and oxygen atoms in total. The lowest BCUT2D eigenvalue weighted by Crippen LogP contribution is -3.11. The molecular weight excluding hydrogens is 210 g/mol. The van der Waals surface area contributed by atoms with Crippen molar-refractivity contribution in [2.45, 2.75) is 19.9 Å². The molecule has 2 N–H and O–H groups in total. The Morgan fingerprint density at radius 3 is 2.40 bits per heavy atom. The fraction of sp³-hybridized carbons (Fsp3) is 0.500. The van der Waals surface area contributed by atoms with Gasteiger partial charge in [-0.3, -0.25) is 0 Å². The van der Waals surface area contributed by atoms with E-state index in [9.17, 15) is 0 Å². The average Bonchev–Trinajstić information content (AvgIpc) is 2.22. The quantitative estimate of drug-likeness (QED) is 0.750. The minimum atomic E-state index is 0.253. The number of hydrogen-bond acceptors (Lipinski definition) is 1. The molecule has 0 saturated heterocycles. The molecule has 1 atom stereocenters. The molecule has 84 valence electrons. The smallest absolute Gasteiger partial charge is 0.103 e. The highest BCUT2D eigenvalue weighted by Crippen LogP contribution is 2.08. The summed E-state index contributed by atoms with van der Waals surface area (Å²) in [6.45, 7) is 5.30. The minimum absolute atomic E-state index is 0.253. The summed E-state index contributed by atoms with van der Waals surface area (Å²) in [6, 6.07) is 7.93. The zero-order chi connectivity index (χ0) is 11.1. The highest BCUT2D eigenvalue weighted by atomic mass is 35.5. The van der Waals surface area contributed by atoms with Gasteiger partial charge in [0.15, 0.2) is 0 Å². The lowest BCUT2D eigenvalue weighted by atomic mass is 10.2. The second-order valence-electron chi connectivity index (χ2n) is 3.78. The molecule has 0 bridgehead atoms. The van der Waals surface area contributed by atoms with E-state index in [-0.39, 0.29) is 6.61 Å². The van der Waals surface area contributed by atoms with Crippen LogP contribution in [0.4, 0.5) is 0 Å². The average molecular weight is 229 g/mol. The van der Waals surface area contributed by atoms with Crippen LogP contribution in [0, 0.1) is 0 Å². The van der Waals surface area contributed by atoms with Crippen LogP contribution in [0.25, 0.3) is 0 Å². The molecule has 0 spiro atoms. The molecule has 1 aromatic rings. The SMILES string of the molecule is CCC[NH+](CCO)Cc1ccc(Cl)cc1. The van der Waals surface area contributed by atoms with Crippen molar-refractivity contribution in [3.05, 3.63) is 34.9 Å². The Kier molecular flexibility index (Phi) is 5.69. The maximum atomic E-state index is 8.94. The number of hydrogen-bond donors (Lipinski definition) is 2. The number of rotatable bonds is 6. The number of aliphatic hydroxyl groups excluding tert-OH is 1. The molecule has 3 heteroatoms. The standard InChI is InChI=1S/C12H18ClNO/c1-2-7-14(8-9-15)10-11-3-5-12(13)6-4-11/h3-6,15H,2,7-10H2,1H3/p+1. The third-order valence-corrected chi connectivity index (χ3v) is 2.69. The summed E-state index contributed by atoms with van der Waals surface area (Å²) in [6.07, 6.45) is 1.14. The zero-order valence-corrected chi connectivity index (χ0v) is 9.93. The van der Waals surface area contributed by atoms with Gasteiger partial charge in [0.1, 0.15) is 13.1 Å². The molecule has 0 aliphatic rings. The van der Waals surface area contributed by atoms with Crippen LogP contribution < -0.4 is 4.90 Å². The summed E-state index contributed by atoms with van der Waals surface area (Å²) in [5.74, 6) is 0. The van der Waals surface area contributed by atoms with Crippen molar-refractivity contribution in [1.82, 2.24) is 0 Å². The first-order valence-corrected chi connectivity index (χ1v) is 5.83. The minimum Gasteiger partial charge on any atom is -0.391 e. The van der Waals surface area contributed by atoms with E-state index in [1.165, 1.54) is 10.5 Å². The van der Waals surface area contributed by atoms with Gasteiger partial charge in [-0.25, -0.2) is 0 Å². The van der Waals surface area contributed by atoms with E-state index in [1.807, 2.05) is 12.1 Å². The fourth-order valence-corrected chi connectivity index (χ4v) is 1.83. The maximum Gasteiger partial charge on any atom is 0.103 e. The van der Waals surface area contributed by atoms with E-state index in [0.717, 1.165) is 31.1 Å². The first-order valence-electron chi connectivity index (χ1n) is 5.45. The Balaban J connectivity index is 2.53. The molecule has 15 heavy (non-hydrogen) atoms. The molecule has 0 fully saturated rings. The molecule has 1 unspecified atom stereocenters. The van der Waals surface area contributed by atoms with Gasteiger partial charge in [-0.1, -0.05) is 30.7 Å². The van der Waals surface area contributed by atoms with Crippen LogP contribution >= 0.6 is 11.6 Å². The topological polar surface area (TPSA) is 24.7 Å². The predicted octanol–water partition coefficient (Wildman–Crippen LogP) is 1.13. The predicted molar refractivity (Wildman–Crippen MR) is 63.2 cm³/mol. The van der Waals surface area contributed by atoms with Gasteiger partial charge in [0.25, 0.3) is 0 Å². The first-order chi connectivity index (χ1) is 7.26. The fourth-order valence-electron chi connectivity index (χ4n) is 1.70. The molecule has 0 aliphatic carbocycles. The van der Waals surface area contributed by atoms with E-state index < -0.39 is 0 Å². The van der Waals surface area contributed by atoms with E-state index >= 15 is 0 Å². The van der Waals surface area contributed by atoms with E-state index in [4.69, 9.17) is 16.7 Å². The molecule has 0 amide bonds. The van der Waals surface area contributed by atoms with Crippen LogP contribution in [0.15, 0.2) is 24.3 Å². The van der Waals surface area contributed by atoms with Crippen LogP contribution in [0.5, 0.6) is 0 Å². The van der Waals surface area contributed by atoms with E-state index in [0.29, 0.717) is 0 Å². The van der Waals surface area contributed by atoms with Crippen LogP contribution in [-0.4, -0.2) is 24.8 Å².